The molecule has 1 N–H and O–H groups in total. The zero-order valence-electron chi connectivity index (χ0n) is 11.9. The van der Waals surface area contributed by atoms with Gasteiger partial charge in [0.1, 0.15) is 0 Å². The van der Waals surface area contributed by atoms with Crippen molar-refractivity contribution in [2.75, 3.05) is 4.72 Å². The van der Waals surface area contributed by atoms with Crippen molar-refractivity contribution in [3.63, 3.8) is 0 Å². The van der Waals surface area contributed by atoms with Crippen LogP contribution in [0.5, 0.6) is 0 Å². The molecule has 0 aliphatic heterocycles. The third-order valence-corrected chi connectivity index (χ3v) is 4.58. The lowest BCUT2D eigenvalue weighted by Gasteiger charge is -2.02. The van der Waals surface area contributed by atoms with Gasteiger partial charge in [-0.2, -0.15) is 0 Å². The van der Waals surface area contributed by atoms with Gasteiger partial charge in [-0.15, -0.1) is 0 Å². The second-order valence-electron chi connectivity index (χ2n) is 4.90. The molecule has 4 rings (SSSR count). The van der Waals surface area contributed by atoms with E-state index in [0.29, 0.717) is 22.0 Å². The Morgan fingerprint density at radius 3 is 3.00 bits per heavy atom. The van der Waals surface area contributed by atoms with Crippen LogP contribution in [0.25, 0.3) is 22.1 Å². The molecule has 0 spiro atoms. The summed E-state index contributed by atoms with van der Waals surface area (Å²) < 4.78 is 15.0. The number of fused-ring (bicyclic) bond motifs is 2. The van der Waals surface area contributed by atoms with Gasteiger partial charge >= 0.3 is 5.76 Å². The lowest BCUT2D eigenvalue weighted by molar-refractivity contribution is 0.460. The molecule has 8 heteroatoms. The summed E-state index contributed by atoms with van der Waals surface area (Å²) in [6.07, 6.45) is 0. The number of nitrogens with one attached hydrogen (secondary N) is 1. The zero-order chi connectivity index (χ0) is 16.0. The molecule has 0 amide bonds. The number of halogens is 1. The third-order valence-electron chi connectivity index (χ3n) is 3.48. The van der Waals surface area contributed by atoms with E-state index in [4.69, 9.17) is 20.5 Å². The highest BCUT2D eigenvalue weighted by molar-refractivity contribution is 8.00. The van der Waals surface area contributed by atoms with Crippen molar-refractivity contribution in [3.05, 3.63) is 52.0 Å². The van der Waals surface area contributed by atoms with Crippen molar-refractivity contribution in [1.82, 2.24) is 9.72 Å². The van der Waals surface area contributed by atoms with Gasteiger partial charge < -0.3 is 13.7 Å². The van der Waals surface area contributed by atoms with E-state index < -0.39 is 0 Å². The number of rotatable bonds is 3. The first-order valence-electron chi connectivity index (χ1n) is 6.70. The van der Waals surface area contributed by atoms with E-state index in [1.807, 2.05) is 12.1 Å². The Bertz CT molecular complexity index is 1080. The number of aryl methyl sites for hydroxylation is 1. The van der Waals surface area contributed by atoms with Gasteiger partial charge in [-0.3, -0.25) is 4.57 Å². The smallest absolute Gasteiger partial charge is 0.408 e. The summed E-state index contributed by atoms with van der Waals surface area (Å²) >= 11 is 7.51. The number of anilines is 1. The maximum atomic E-state index is 11.5. The summed E-state index contributed by atoms with van der Waals surface area (Å²) in [5, 5.41) is 5.28. The summed E-state index contributed by atoms with van der Waals surface area (Å²) in [6.45, 7) is 0. The minimum Gasteiger partial charge on any atom is -0.408 e. The summed E-state index contributed by atoms with van der Waals surface area (Å²) in [5.41, 5.74) is 1.90. The highest BCUT2D eigenvalue weighted by atomic mass is 35.5. The van der Waals surface area contributed by atoms with Gasteiger partial charge in [0, 0.05) is 11.9 Å². The van der Waals surface area contributed by atoms with Gasteiger partial charge in [-0.1, -0.05) is 22.8 Å². The van der Waals surface area contributed by atoms with Crippen molar-refractivity contribution >= 4 is 51.4 Å². The molecule has 4 aromatic rings. The van der Waals surface area contributed by atoms with E-state index in [2.05, 4.69) is 9.88 Å². The first-order chi connectivity index (χ1) is 11.1. The van der Waals surface area contributed by atoms with E-state index >= 15 is 0 Å². The maximum absolute atomic E-state index is 11.5. The molecule has 0 aliphatic carbocycles. The minimum atomic E-state index is -0.385. The Hall–Kier alpha value is -2.38. The van der Waals surface area contributed by atoms with Gasteiger partial charge in [0.2, 0.25) is 0 Å². The molecule has 0 unspecified atom stereocenters. The highest BCUT2D eigenvalue weighted by Crippen LogP contribution is 2.33. The fourth-order valence-electron chi connectivity index (χ4n) is 2.31. The predicted molar refractivity (Wildman–Crippen MR) is 90.0 cm³/mol. The van der Waals surface area contributed by atoms with Gasteiger partial charge in [0.05, 0.1) is 15.9 Å². The quantitative estimate of drug-likeness (QED) is 0.564. The summed E-state index contributed by atoms with van der Waals surface area (Å²) in [4.78, 5) is 12.4. The first kappa shape index (κ1) is 14.2. The van der Waals surface area contributed by atoms with E-state index in [-0.39, 0.29) is 5.76 Å². The lowest BCUT2D eigenvalue weighted by atomic mass is 10.2. The number of nitrogens with zero attached hydrogens (tertiary/aromatic N) is 2. The second-order valence-corrected chi connectivity index (χ2v) is 6.19. The largest absolute Gasteiger partial charge is 0.419 e. The Kier molecular flexibility index (Phi) is 3.32. The van der Waals surface area contributed by atoms with Gasteiger partial charge in [-0.25, -0.2) is 4.79 Å². The molecule has 6 nitrogen and oxygen atoms in total. The fourth-order valence-corrected chi connectivity index (χ4v) is 3.22. The van der Waals surface area contributed by atoms with Crippen LogP contribution in [0, 0.1) is 0 Å². The molecule has 2 heterocycles. The molecular formula is C15H10ClN3O3S. The van der Waals surface area contributed by atoms with E-state index in [0.717, 1.165) is 15.8 Å². The molecule has 0 saturated carbocycles. The molecule has 0 atom stereocenters. The SMILES string of the molecule is Cn1c(=O)oc2cc(SNc3noc4cccc(Cl)c34)ccc21. The van der Waals surface area contributed by atoms with E-state index in [9.17, 15) is 4.79 Å². The van der Waals surface area contributed by atoms with Crippen LogP contribution in [-0.2, 0) is 7.05 Å². The molecule has 0 bridgehead atoms. The first-order valence-corrected chi connectivity index (χ1v) is 7.89. The summed E-state index contributed by atoms with van der Waals surface area (Å²) in [6, 6.07) is 10.9. The number of oxazole rings is 1. The zero-order valence-corrected chi connectivity index (χ0v) is 13.4. The van der Waals surface area contributed by atoms with Crippen molar-refractivity contribution in [1.29, 1.82) is 0 Å². The average molecular weight is 348 g/mol. The van der Waals surface area contributed by atoms with Crippen LogP contribution in [0.3, 0.4) is 0 Å². The van der Waals surface area contributed by atoms with Crippen LogP contribution in [0.4, 0.5) is 5.82 Å². The van der Waals surface area contributed by atoms with Gasteiger partial charge in [-0.05, 0) is 42.3 Å². The molecule has 2 aromatic heterocycles. The van der Waals surface area contributed by atoms with E-state index in [1.165, 1.54) is 16.5 Å². The van der Waals surface area contributed by atoms with Crippen LogP contribution in [0.2, 0.25) is 5.02 Å². The lowest BCUT2D eigenvalue weighted by Crippen LogP contribution is -2.08. The predicted octanol–water partition coefficient (Wildman–Crippen LogP) is 4.05. The number of hydrogen-bond donors (Lipinski definition) is 1. The number of aromatic nitrogens is 2. The molecule has 0 aliphatic rings. The van der Waals surface area contributed by atoms with Gasteiger partial charge in [0.15, 0.2) is 17.0 Å². The Morgan fingerprint density at radius 1 is 1.26 bits per heavy atom. The number of benzene rings is 2. The molecule has 2 aromatic carbocycles. The Balaban J connectivity index is 1.64. The third kappa shape index (κ3) is 2.38. The van der Waals surface area contributed by atoms with Crippen LogP contribution >= 0.6 is 23.5 Å². The second kappa shape index (κ2) is 5.36. The Morgan fingerprint density at radius 2 is 2.13 bits per heavy atom. The summed E-state index contributed by atoms with van der Waals surface area (Å²) in [7, 11) is 1.67. The molecule has 0 fully saturated rings. The monoisotopic (exact) mass is 347 g/mol. The molecule has 0 radical (unpaired) electrons. The van der Waals surface area contributed by atoms with E-state index in [1.54, 1.807) is 31.3 Å². The van der Waals surface area contributed by atoms with Crippen LogP contribution in [-0.4, -0.2) is 9.72 Å². The van der Waals surface area contributed by atoms with Crippen LogP contribution in [0.1, 0.15) is 0 Å². The van der Waals surface area contributed by atoms with Gasteiger partial charge in [0.25, 0.3) is 0 Å². The maximum Gasteiger partial charge on any atom is 0.419 e. The summed E-state index contributed by atoms with van der Waals surface area (Å²) in [5.74, 6) is 0.162. The Labute approximate surface area is 139 Å². The normalized spacial score (nSPS) is 11.4. The van der Waals surface area contributed by atoms with Crippen molar-refractivity contribution in [2.24, 2.45) is 7.05 Å². The fraction of sp³-hybridized carbons (Fsp3) is 0.0667. The van der Waals surface area contributed by atoms with Crippen molar-refractivity contribution in [2.45, 2.75) is 4.90 Å². The van der Waals surface area contributed by atoms with Crippen LogP contribution in [0.15, 0.2) is 55.0 Å². The molecule has 0 saturated heterocycles. The molecular weight excluding hydrogens is 338 g/mol. The molecule has 116 valence electrons. The number of hydrogen-bond acceptors (Lipinski definition) is 6. The minimum absolute atomic E-state index is 0.385. The highest BCUT2D eigenvalue weighted by Gasteiger charge is 2.12. The average Bonchev–Trinajstić information content (AvgIpc) is 3.08. The van der Waals surface area contributed by atoms with Crippen LogP contribution < -0.4 is 10.5 Å². The molecule has 23 heavy (non-hydrogen) atoms. The standard InChI is InChI=1S/C15H10ClN3O3S/c1-19-10-6-5-8(7-12(10)21-15(19)20)23-18-14-13-9(16)3-2-4-11(13)22-17-14/h2-7H,1H3,(H,17,18). The van der Waals surface area contributed by atoms with Crippen molar-refractivity contribution in [3.8, 4) is 0 Å². The van der Waals surface area contributed by atoms with Crippen molar-refractivity contribution < 1.29 is 8.94 Å². The topological polar surface area (TPSA) is 73.2 Å².